The van der Waals surface area contributed by atoms with Crippen LogP contribution in [0.5, 0.6) is 5.75 Å². The van der Waals surface area contributed by atoms with E-state index in [1.54, 1.807) is 31.4 Å². The molecule has 2 heterocycles. The second-order valence-electron chi connectivity index (χ2n) is 6.70. The SMILES string of the molecule is COC(=O)c1c(NC(=O)c2ccc(OC)cc2)sc2c1CCN(C(C)C)C2.[Cl-]. The Kier molecular flexibility index (Phi) is 7.46. The van der Waals surface area contributed by atoms with Gasteiger partial charge in [0.1, 0.15) is 10.8 Å². The minimum absolute atomic E-state index is 0. The predicted molar refractivity (Wildman–Crippen MR) is 106 cm³/mol. The van der Waals surface area contributed by atoms with Crippen LogP contribution in [0.2, 0.25) is 0 Å². The van der Waals surface area contributed by atoms with Gasteiger partial charge in [-0.3, -0.25) is 9.69 Å². The number of hydrogen-bond donors (Lipinski definition) is 1. The van der Waals surface area contributed by atoms with Crippen molar-refractivity contribution in [3.8, 4) is 5.75 Å². The third-order valence-electron chi connectivity index (χ3n) is 4.79. The first kappa shape index (κ1) is 22.2. The minimum Gasteiger partial charge on any atom is -1.00 e. The zero-order chi connectivity index (χ0) is 19.6. The number of hydrogen-bond acceptors (Lipinski definition) is 6. The molecule has 1 N–H and O–H groups in total. The Hall–Kier alpha value is -2.09. The monoisotopic (exact) mass is 423 g/mol. The summed E-state index contributed by atoms with van der Waals surface area (Å²) in [6.45, 7) is 5.98. The highest BCUT2D eigenvalue weighted by atomic mass is 35.5. The molecule has 0 saturated heterocycles. The van der Waals surface area contributed by atoms with Crippen LogP contribution < -0.4 is 22.5 Å². The van der Waals surface area contributed by atoms with E-state index in [1.807, 2.05) is 0 Å². The fourth-order valence-corrected chi connectivity index (χ4v) is 4.44. The Morgan fingerprint density at radius 2 is 1.86 bits per heavy atom. The van der Waals surface area contributed by atoms with Gasteiger partial charge in [0.2, 0.25) is 0 Å². The van der Waals surface area contributed by atoms with Crippen LogP contribution in [-0.2, 0) is 17.7 Å². The van der Waals surface area contributed by atoms with E-state index >= 15 is 0 Å². The lowest BCUT2D eigenvalue weighted by atomic mass is 10.0. The van der Waals surface area contributed by atoms with Crippen molar-refractivity contribution in [2.75, 3.05) is 26.1 Å². The minimum atomic E-state index is -0.407. The first-order chi connectivity index (χ1) is 12.9. The summed E-state index contributed by atoms with van der Waals surface area (Å²) in [5.41, 5.74) is 1.98. The van der Waals surface area contributed by atoms with Gasteiger partial charge in [0.15, 0.2) is 0 Å². The van der Waals surface area contributed by atoms with Crippen LogP contribution in [0.15, 0.2) is 24.3 Å². The van der Waals surface area contributed by atoms with Crippen molar-refractivity contribution >= 4 is 28.2 Å². The second kappa shape index (κ2) is 9.41. The fraction of sp³-hybridized carbons (Fsp3) is 0.400. The van der Waals surface area contributed by atoms with Gasteiger partial charge in [-0.2, -0.15) is 0 Å². The maximum absolute atomic E-state index is 12.7. The quantitative estimate of drug-likeness (QED) is 0.712. The molecule has 1 aliphatic rings. The molecule has 28 heavy (non-hydrogen) atoms. The van der Waals surface area contributed by atoms with Crippen molar-refractivity contribution in [3.63, 3.8) is 0 Å². The van der Waals surface area contributed by atoms with E-state index in [0.717, 1.165) is 30.0 Å². The first-order valence-electron chi connectivity index (χ1n) is 8.87. The number of amides is 1. The van der Waals surface area contributed by atoms with Gasteiger partial charge in [-0.1, -0.05) is 0 Å². The Balaban J connectivity index is 0.00000280. The first-order valence-corrected chi connectivity index (χ1v) is 9.68. The molecule has 1 amide bonds. The zero-order valence-electron chi connectivity index (χ0n) is 16.4. The number of anilines is 1. The Bertz CT molecular complexity index is 849. The topological polar surface area (TPSA) is 67.9 Å². The molecule has 1 aliphatic heterocycles. The van der Waals surface area contributed by atoms with Gasteiger partial charge in [0, 0.05) is 29.6 Å². The number of esters is 1. The molecule has 0 aliphatic carbocycles. The summed E-state index contributed by atoms with van der Waals surface area (Å²) in [5, 5.41) is 3.45. The third kappa shape index (κ3) is 4.48. The van der Waals surface area contributed by atoms with Gasteiger partial charge in [-0.25, -0.2) is 4.79 Å². The predicted octanol–water partition coefficient (Wildman–Crippen LogP) is 0.566. The highest BCUT2D eigenvalue weighted by Crippen LogP contribution is 2.38. The standard InChI is InChI=1S/C20H24N2O4S.ClH/c1-12(2)22-10-9-15-16(11-22)27-19(17(15)20(24)26-4)21-18(23)13-5-7-14(25-3)8-6-13;/h5-8,12H,9-11H2,1-4H3,(H,21,23);1H/p-1. The number of thiophene rings is 1. The fourth-order valence-electron chi connectivity index (χ4n) is 3.19. The summed E-state index contributed by atoms with van der Waals surface area (Å²) >= 11 is 1.46. The van der Waals surface area contributed by atoms with Gasteiger partial charge in [0.05, 0.1) is 19.8 Å². The van der Waals surface area contributed by atoms with Gasteiger partial charge in [-0.05, 0) is 50.1 Å². The van der Waals surface area contributed by atoms with E-state index in [0.29, 0.717) is 27.9 Å². The lowest BCUT2D eigenvalue weighted by Gasteiger charge is -2.30. The Morgan fingerprint density at radius 3 is 2.43 bits per heavy atom. The molecule has 0 unspecified atom stereocenters. The molecule has 0 spiro atoms. The molecular weight excluding hydrogens is 400 g/mol. The van der Waals surface area contributed by atoms with Crippen LogP contribution in [0.3, 0.4) is 0 Å². The zero-order valence-corrected chi connectivity index (χ0v) is 17.9. The molecular formula is C20H24ClN2O4S-. The van der Waals surface area contributed by atoms with E-state index in [4.69, 9.17) is 9.47 Å². The molecule has 6 nitrogen and oxygen atoms in total. The maximum atomic E-state index is 12.7. The molecule has 0 radical (unpaired) electrons. The van der Waals surface area contributed by atoms with E-state index < -0.39 is 5.97 Å². The van der Waals surface area contributed by atoms with Gasteiger partial charge in [0.25, 0.3) is 5.91 Å². The summed E-state index contributed by atoms with van der Waals surface area (Å²) in [6.07, 6.45) is 0.771. The molecule has 1 aromatic carbocycles. The van der Waals surface area contributed by atoms with Crippen molar-refractivity contribution in [2.24, 2.45) is 0 Å². The van der Waals surface area contributed by atoms with Gasteiger partial charge < -0.3 is 27.2 Å². The second-order valence-corrected chi connectivity index (χ2v) is 7.80. The number of nitrogens with one attached hydrogen (secondary N) is 1. The summed E-state index contributed by atoms with van der Waals surface area (Å²) in [6, 6.07) is 7.28. The van der Waals surface area contributed by atoms with Crippen molar-refractivity contribution in [3.05, 3.63) is 45.8 Å². The van der Waals surface area contributed by atoms with Gasteiger partial charge in [-0.15, -0.1) is 11.3 Å². The summed E-state index contributed by atoms with van der Waals surface area (Å²) in [4.78, 5) is 28.5. The maximum Gasteiger partial charge on any atom is 0.341 e. The molecule has 3 rings (SSSR count). The van der Waals surface area contributed by atoms with Crippen molar-refractivity contribution in [1.82, 2.24) is 4.90 Å². The smallest absolute Gasteiger partial charge is 0.341 e. The Morgan fingerprint density at radius 1 is 1.18 bits per heavy atom. The van der Waals surface area contributed by atoms with Crippen LogP contribution in [-0.4, -0.2) is 43.6 Å². The van der Waals surface area contributed by atoms with Crippen molar-refractivity contribution in [2.45, 2.75) is 32.9 Å². The highest BCUT2D eigenvalue weighted by molar-refractivity contribution is 7.17. The number of rotatable bonds is 5. The summed E-state index contributed by atoms with van der Waals surface area (Å²) in [7, 11) is 2.94. The van der Waals surface area contributed by atoms with Gasteiger partial charge >= 0.3 is 5.97 Å². The van der Waals surface area contributed by atoms with Crippen LogP contribution in [0.4, 0.5) is 5.00 Å². The molecule has 0 fully saturated rings. The average Bonchev–Trinajstić information content (AvgIpc) is 3.04. The number of halogens is 1. The van der Waals surface area contributed by atoms with E-state index in [2.05, 4.69) is 24.1 Å². The normalized spacial score (nSPS) is 13.5. The summed E-state index contributed by atoms with van der Waals surface area (Å²) < 4.78 is 10.1. The number of carbonyl (C=O) groups excluding carboxylic acids is 2. The number of fused-ring (bicyclic) bond motifs is 1. The molecule has 0 saturated carbocycles. The Labute approximate surface area is 175 Å². The van der Waals surface area contributed by atoms with Crippen LogP contribution in [0, 0.1) is 0 Å². The molecule has 0 bridgehead atoms. The molecule has 152 valence electrons. The largest absolute Gasteiger partial charge is 1.00 e. The average molecular weight is 424 g/mol. The molecule has 2 aromatic rings. The molecule has 1 aromatic heterocycles. The van der Waals surface area contributed by atoms with Crippen molar-refractivity contribution < 1.29 is 31.5 Å². The number of carbonyl (C=O) groups is 2. The van der Waals surface area contributed by atoms with E-state index in [9.17, 15) is 9.59 Å². The lowest BCUT2D eigenvalue weighted by molar-refractivity contribution is -0.0000284. The number of ether oxygens (including phenoxy) is 2. The molecule has 0 atom stereocenters. The van der Waals surface area contributed by atoms with Crippen molar-refractivity contribution in [1.29, 1.82) is 0 Å². The number of nitrogens with zero attached hydrogens (tertiary/aromatic N) is 1. The third-order valence-corrected chi connectivity index (χ3v) is 5.92. The number of methoxy groups -OCH3 is 2. The highest BCUT2D eigenvalue weighted by Gasteiger charge is 2.30. The van der Waals surface area contributed by atoms with E-state index in [-0.39, 0.29) is 18.3 Å². The van der Waals surface area contributed by atoms with Crippen LogP contribution in [0.1, 0.15) is 45.0 Å². The number of benzene rings is 1. The summed E-state index contributed by atoms with van der Waals surface area (Å²) in [5.74, 6) is 0.0137. The van der Waals surface area contributed by atoms with Crippen LogP contribution in [0.25, 0.3) is 0 Å². The molecule has 8 heteroatoms. The van der Waals surface area contributed by atoms with E-state index in [1.165, 1.54) is 18.4 Å². The van der Waals surface area contributed by atoms with Crippen LogP contribution >= 0.6 is 11.3 Å². The lowest BCUT2D eigenvalue weighted by Crippen LogP contribution is -3.00.